The van der Waals surface area contributed by atoms with E-state index in [9.17, 15) is 0 Å². The molecule has 1 aliphatic rings. The Bertz CT molecular complexity index is 1240. The summed E-state index contributed by atoms with van der Waals surface area (Å²) in [7, 11) is 0. The Hall–Kier alpha value is -3.59. The molecule has 1 fully saturated rings. The second-order valence-electron chi connectivity index (χ2n) is 9.97. The van der Waals surface area contributed by atoms with Crippen molar-refractivity contribution in [1.29, 1.82) is 0 Å². The van der Waals surface area contributed by atoms with Gasteiger partial charge < -0.3 is 9.80 Å². The molecule has 3 heteroatoms. The van der Waals surface area contributed by atoms with Crippen LogP contribution in [0.3, 0.4) is 0 Å². The van der Waals surface area contributed by atoms with Gasteiger partial charge in [0.2, 0.25) is 0 Å². The molecule has 36 heavy (non-hydrogen) atoms. The number of rotatable bonds is 7. The molecule has 2 heterocycles. The Morgan fingerprint density at radius 3 is 2.33 bits per heavy atom. The monoisotopic (exact) mass is 477 g/mol. The topological polar surface area (TPSA) is 19.4 Å². The Kier molecular flexibility index (Phi) is 8.10. The summed E-state index contributed by atoms with van der Waals surface area (Å²) in [4.78, 5) is 10.3. The second-order valence-corrected chi connectivity index (χ2v) is 9.97. The van der Waals surface area contributed by atoms with Crippen LogP contribution in [0.4, 0.5) is 5.82 Å². The fourth-order valence-corrected chi connectivity index (χ4v) is 5.03. The van der Waals surface area contributed by atoms with Crippen LogP contribution in [0.1, 0.15) is 56.5 Å². The van der Waals surface area contributed by atoms with Crippen LogP contribution in [-0.2, 0) is 0 Å². The molecule has 1 atom stereocenters. The Morgan fingerprint density at radius 2 is 1.69 bits per heavy atom. The molecule has 1 saturated heterocycles. The molecule has 0 saturated carbocycles. The van der Waals surface area contributed by atoms with Gasteiger partial charge in [0, 0.05) is 30.9 Å². The molecule has 0 amide bonds. The summed E-state index contributed by atoms with van der Waals surface area (Å²) in [5, 5.41) is 0. The van der Waals surface area contributed by atoms with Crippen molar-refractivity contribution < 1.29 is 0 Å². The van der Waals surface area contributed by atoms with Crippen molar-refractivity contribution >= 4 is 5.82 Å². The van der Waals surface area contributed by atoms with E-state index in [1.807, 2.05) is 6.92 Å². The predicted octanol–water partition coefficient (Wildman–Crippen LogP) is 8.08. The largest absolute Gasteiger partial charge is 0.368 e. The van der Waals surface area contributed by atoms with Crippen molar-refractivity contribution in [3.8, 4) is 11.1 Å². The van der Waals surface area contributed by atoms with Gasteiger partial charge in [-0.3, -0.25) is 0 Å². The number of aryl methyl sites for hydroxylation is 1. The summed E-state index contributed by atoms with van der Waals surface area (Å²) >= 11 is 0. The van der Waals surface area contributed by atoms with E-state index in [1.165, 1.54) is 27.8 Å². The van der Waals surface area contributed by atoms with Gasteiger partial charge in [-0.15, -0.1) is 0 Å². The zero-order valence-electron chi connectivity index (χ0n) is 22.4. The maximum atomic E-state index is 5.36. The van der Waals surface area contributed by atoms with Crippen molar-refractivity contribution in [2.24, 2.45) is 0 Å². The lowest BCUT2D eigenvalue weighted by atomic mass is 9.95. The number of nitrogens with zero attached hydrogens (tertiary/aromatic N) is 3. The minimum Gasteiger partial charge on any atom is -0.368 e. The van der Waals surface area contributed by atoms with Crippen LogP contribution >= 0.6 is 0 Å². The number of aromatic nitrogens is 1. The maximum Gasteiger partial charge on any atom is 0.132 e. The summed E-state index contributed by atoms with van der Waals surface area (Å²) in [6.45, 7) is 18.0. The van der Waals surface area contributed by atoms with E-state index in [-0.39, 0.29) is 6.04 Å². The molecule has 1 unspecified atom stereocenters. The number of allylic oxidation sites excluding steroid dienone is 4. The lowest BCUT2D eigenvalue weighted by Gasteiger charge is -2.44. The minimum absolute atomic E-state index is 0.194. The van der Waals surface area contributed by atoms with Gasteiger partial charge in [0.1, 0.15) is 5.82 Å². The molecule has 0 N–H and O–H groups in total. The van der Waals surface area contributed by atoms with Crippen molar-refractivity contribution in [3.63, 3.8) is 0 Å². The van der Waals surface area contributed by atoms with E-state index in [4.69, 9.17) is 4.98 Å². The first-order chi connectivity index (χ1) is 17.4. The maximum absolute atomic E-state index is 5.36. The molecule has 3 nitrogen and oxygen atoms in total. The molecule has 0 bridgehead atoms. The lowest BCUT2D eigenvalue weighted by molar-refractivity contribution is 0.281. The van der Waals surface area contributed by atoms with Crippen LogP contribution < -0.4 is 4.90 Å². The summed E-state index contributed by atoms with van der Waals surface area (Å²) < 4.78 is 0. The second kappa shape index (κ2) is 11.4. The summed E-state index contributed by atoms with van der Waals surface area (Å²) in [5.74, 6) is 1.42. The number of hydrogen-bond acceptors (Lipinski definition) is 3. The summed E-state index contributed by atoms with van der Waals surface area (Å²) in [6, 6.07) is 24.0. The smallest absolute Gasteiger partial charge is 0.132 e. The van der Waals surface area contributed by atoms with E-state index < -0.39 is 0 Å². The highest BCUT2D eigenvalue weighted by molar-refractivity contribution is 5.70. The third-order valence-corrected chi connectivity index (χ3v) is 7.06. The zero-order valence-corrected chi connectivity index (χ0v) is 22.4. The fraction of sp³-hybridized carbons (Fsp3) is 0.303. The van der Waals surface area contributed by atoms with E-state index in [0.29, 0.717) is 5.92 Å². The molecule has 1 aliphatic heterocycles. The van der Waals surface area contributed by atoms with E-state index in [1.54, 1.807) is 0 Å². The van der Waals surface area contributed by atoms with Crippen LogP contribution in [0.5, 0.6) is 0 Å². The first-order valence-corrected chi connectivity index (χ1v) is 13.0. The third kappa shape index (κ3) is 5.46. The van der Waals surface area contributed by atoms with Crippen molar-refractivity contribution in [2.75, 3.05) is 24.5 Å². The molecule has 0 aliphatic carbocycles. The van der Waals surface area contributed by atoms with Gasteiger partial charge in [0.05, 0.1) is 11.7 Å². The first-order valence-electron chi connectivity index (χ1n) is 13.0. The van der Waals surface area contributed by atoms with Gasteiger partial charge in [-0.05, 0) is 55.0 Å². The number of piperazine rings is 1. The minimum atomic E-state index is 0.194. The van der Waals surface area contributed by atoms with Crippen LogP contribution in [0.25, 0.3) is 11.1 Å². The third-order valence-electron chi connectivity index (χ3n) is 7.06. The van der Waals surface area contributed by atoms with E-state index in [0.717, 1.165) is 36.8 Å². The van der Waals surface area contributed by atoms with Crippen LogP contribution in [0.15, 0.2) is 103 Å². The van der Waals surface area contributed by atoms with Crippen LogP contribution in [0.2, 0.25) is 0 Å². The number of pyridine rings is 1. The number of hydrogen-bond donors (Lipinski definition) is 0. The molecule has 0 radical (unpaired) electrons. The van der Waals surface area contributed by atoms with Gasteiger partial charge in [-0.2, -0.15) is 0 Å². The standard InChI is InChI=1S/C33H39N3/c1-7-8-15-25(4)27(6)35-20-21-36(31(23-35)29-18-13-10-14-19-29)33-26(5)22-30(32(34-33)24(2)3)28-16-11-9-12-17-28/h7-19,22,24,31H,6,20-21,23H2,1-5H3/b8-7-,25-15+. The number of benzene rings is 2. The molecular formula is C33H39N3. The molecule has 1 aromatic heterocycles. The van der Waals surface area contributed by atoms with Crippen molar-refractivity contribution in [2.45, 2.75) is 46.6 Å². The van der Waals surface area contributed by atoms with E-state index >= 15 is 0 Å². The van der Waals surface area contributed by atoms with Gasteiger partial charge in [0.15, 0.2) is 0 Å². The molecule has 186 valence electrons. The molecule has 0 spiro atoms. The fourth-order valence-electron chi connectivity index (χ4n) is 5.03. The Morgan fingerprint density at radius 1 is 1.03 bits per heavy atom. The van der Waals surface area contributed by atoms with Gasteiger partial charge in [-0.25, -0.2) is 4.98 Å². The first kappa shape index (κ1) is 25.5. The van der Waals surface area contributed by atoms with Crippen LogP contribution in [0, 0.1) is 6.92 Å². The van der Waals surface area contributed by atoms with Crippen LogP contribution in [-0.4, -0.2) is 29.5 Å². The lowest BCUT2D eigenvalue weighted by Crippen LogP contribution is -2.48. The Balaban J connectivity index is 1.74. The normalized spacial score (nSPS) is 16.7. The predicted molar refractivity (Wildman–Crippen MR) is 154 cm³/mol. The highest BCUT2D eigenvalue weighted by Gasteiger charge is 2.31. The highest BCUT2D eigenvalue weighted by Crippen LogP contribution is 2.37. The van der Waals surface area contributed by atoms with Crippen molar-refractivity contribution in [1.82, 2.24) is 9.88 Å². The number of anilines is 1. The molecule has 2 aromatic carbocycles. The van der Waals surface area contributed by atoms with E-state index in [2.05, 4.69) is 129 Å². The van der Waals surface area contributed by atoms with Crippen molar-refractivity contribution in [3.05, 3.63) is 120 Å². The summed E-state index contributed by atoms with van der Waals surface area (Å²) in [5.41, 5.74) is 8.45. The van der Waals surface area contributed by atoms with Gasteiger partial charge >= 0.3 is 0 Å². The Labute approximate surface area is 217 Å². The molecule has 3 aromatic rings. The molecular weight excluding hydrogens is 438 g/mol. The van der Waals surface area contributed by atoms with Gasteiger partial charge in [0.25, 0.3) is 0 Å². The average Bonchev–Trinajstić information content (AvgIpc) is 2.91. The summed E-state index contributed by atoms with van der Waals surface area (Å²) in [6.07, 6.45) is 6.29. The van der Waals surface area contributed by atoms with Gasteiger partial charge in [-0.1, -0.05) is 99.3 Å². The molecule has 4 rings (SSSR count). The SMILES string of the molecule is C=C(/C(C)=C/C=C\C)N1CCN(c2nc(C(C)C)c(-c3ccccc3)cc2C)C(c2ccccc2)C1. The quantitative estimate of drug-likeness (QED) is 0.321. The highest BCUT2D eigenvalue weighted by atomic mass is 15.3. The zero-order chi connectivity index (χ0) is 25.7. The average molecular weight is 478 g/mol.